The van der Waals surface area contributed by atoms with Gasteiger partial charge < -0.3 is 19.9 Å². The predicted octanol–water partition coefficient (Wildman–Crippen LogP) is 4.32. The van der Waals surface area contributed by atoms with Crippen molar-refractivity contribution in [3.8, 4) is 5.75 Å². The Kier molecular flexibility index (Phi) is 11.3. The van der Waals surface area contributed by atoms with Crippen LogP contribution in [0.2, 0.25) is 0 Å². The Bertz CT molecular complexity index is 827. The zero-order valence-corrected chi connectivity index (χ0v) is 22.1. The average molecular weight is 556 g/mol. The molecule has 0 bridgehead atoms. The number of nitrogens with zero attached hydrogens (tertiary/aromatic N) is 3. The first kappa shape index (κ1) is 26.4. The average Bonchev–Trinajstić information content (AvgIpc) is 3.47. The zero-order valence-electron chi connectivity index (χ0n) is 19.8. The van der Waals surface area contributed by atoms with Crippen molar-refractivity contribution in [2.45, 2.75) is 59.0 Å². The molecule has 178 valence electrons. The summed E-state index contributed by atoms with van der Waals surface area (Å²) in [5, 5.41) is 11.2. The molecule has 0 aliphatic carbocycles. The molecule has 1 atom stereocenters. The van der Waals surface area contributed by atoms with Crippen LogP contribution in [0.4, 0.5) is 0 Å². The van der Waals surface area contributed by atoms with E-state index < -0.39 is 0 Å². The molecule has 0 radical (unpaired) electrons. The lowest BCUT2D eigenvalue weighted by molar-refractivity contribution is 0.245. The summed E-state index contributed by atoms with van der Waals surface area (Å²) in [4.78, 5) is 7.40. The van der Waals surface area contributed by atoms with Gasteiger partial charge in [-0.2, -0.15) is 0 Å². The van der Waals surface area contributed by atoms with Crippen LogP contribution in [0.25, 0.3) is 0 Å². The minimum Gasteiger partial charge on any atom is -0.497 e. The quantitative estimate of drug-likeness (QED) is 0.259. The fourth-order valence-electron chi connectivity index (χ4n) is 4.17. The Morgan fingerprint density at radius 1 is 1.19 bits per heavy atom. The number of aryl methyl sites for hydroxylation is 2. The predicted molar refractivity (Wildman–Crippen MR) is 140 cm³/mol. The lowest BCUT2D eigenvalue weighted by Crippen LogP contribution is -2.42. The number of guanidine groups is 1. The monoisotopic (exact) mass is 555 g/mol. The molecule has 2 aromatic rings. The SMILES string of the molecule is CCNC(=NCc1c(CC)noc1CC)NCC(c1cccc(OC)c1)N1CCCC1.I. The molecule has 7 nitrogen and oxygen atoms in total. The van der Waals surface area contributed by atoms with Crippen LogP contribution in [0.1, 0.15) is 62.2 Å². The zero-order chi connectivity index (χ0) is 22.1. The van der Waals surface area contributed by atoms with E-state index in [-0.39, 0.29) is 30.0 Å². The highest BCUT2D eigenvalue weighted by atomic mass is 127. The first-order valence-corrected chi connectivity index (χ1v) is 11.6. The number of benzene rings is 1. The number of hydrogen-bond donors (Lipinski definition) is 2. The van der Waals surface area contributed by atoms with E-state index in [0.717, 1.165) is 67.7 Å². The van der Waals surface area contributed by atoms with Crippen molar-refractivity contribution < 1.29 is 9.26 Å². The Balaban J connectivity index is 0.00000363. The van der Waals surface area contributed by atoms with Crippen molar-refractivity contribution in [1.29, 1.82) is 0 Å². The first-order valence-electron chi connectivity index (χ1n) is 11.6. The van der Waals surface area contributed by atoms with Gasteiger partial charge in [-0.1, -0.05) is 31.1 Å². The van der Waals surface area contributed by atoms with Crippen molar-refractivity contribution in [2.24, 2.45) is 4.99 Å². The van der Waals surface area contributed by atoms with E-state index in [9.17, 15) is 0 Å². The Labute approximate surface area is 209 Å². The maximum Gasteiger partial charge on any atom is 0.191 e. The second-order valence-corrected chi connectivity index (χ2v) is 7.85. The van der Waals surface area contributed by atoms with E-state index in [4.69, 9.17) is 14.3 Å². The number of methoxy groups -OCH3 is 1. The van der Waals surface area contributed by atoms with Gasteiger partial charge in [-0.25, -0.2) is 4.99 Å². The van der Waals surface area contributed by atoms with Gasteiger partial charge in [0.25, 0.3) is 0 Å². The minimum absolute atomic E-state index is 0. The van der Waals surface area contributed by atoms with Gasteiger partial charge in [0.2, 0.25) is 0 Å². The third-order valence-electron chi connectivity index (χ3n) is 5.87. The van der Waals surface area contributed by atoms with Crippen molar-refractivity contribution in [3.05, 3.63) is 46.8 Å². The molecule has 1 unspecified atom stereocenters. The molecule has 32 heavy (non-hydrogen) atoms. The van der Waals surface area contributed by atoms with E-state index in [1.807, 2.05) is 6.07 Å². The maximum atomic E-state index is 5.49. The standard InChI is InChI=1S/C24H37N5O2.HI/c1-5-21-20(23(6-2)31-28-21)16-26-24(25-7-3)27-17-22(29-13-8-9-14-29)18-11-10-12-19(15-18)30-4;/h10-12,15,22H,5-9,13-14,16-17H2,1-4H3,(H2,25,26,27);1H. The van der Waals surface area contributed by atoms with E-state index in [2.05, 4.69) is 59.7 Å². The fraction of sp³-hybridized carbons (Fsp3) is 0.583. The number of likely N-dealkylation sites (tertiary alicyclic amines) is 1. The summed E-state index contributed by atoms with van der Waals surface area (Å²) in [7, 11) is 1.72. The van der Waals surface area contributed by atoms with E-state index in [0.29, 0.717) is 6.54 Å². The summed E-state index contributed by atoms with van der Waals surface area (Å²) >= 11 is 0. The van der Waals surface area contributed by atoms with Gasteiger partial charge >= 0.3 is 0 Å². The summed E-state index contributed by atoms with van der Waals surface area (Å²) < 4.78 is 11.0. The molecule has 3 rings (SSSR count). The third kappa shape index (κ3) is 6.84. The van der Waals surface area contributed by atoms with Crippen molar-refractivity contribution >= 4 is 29.9 Å². The highest BCUT2D eigenvalue weighted by molar-refractivity contribution is 14.0. The molecule has 1 fully saturated rings. The molecule has 1 saturated heterocycles. The molecule has 1 aliphatic heterocycles. The third-order valence-corrected chi connectivity index (χ3v) is 5.87. The van der Waals surface area contributed by atoms with Crippen molar-refractivity contribution in [2.75, 3.05) is 33.3 Å². The van der Waals surface area contributed by atoms with Crippen molar-refractivity contribution in [1.82, 2.24) is 20.7 Å². The fourth-order valence-corrected chi connectivity index (χ4v) is 4.17. The maximum absolute atomic E-state index is 5.49. The van der Waals surface area contributed by atoms with Gasteiger partial charge in [0, 0.05) is 25.1 Å². The number of ether oxygens (including phenoxy) is 1. The number of nitrogens with one attached hydrogen (secondary N) is 2. The van der Waals surface area contributed by atoms with Crippen molar-refractivity contribution in [3.63, 3.8) is 0 Å². The van der Waals surface area contributed by atoms with Crippen LogP contribution in [0.3, 0.4) is 0 Å². The topological polar surface area (TPSA) is 74.9 Å². The second kappa shape index (κ2) is 13.7. The lowest BCUT2D eigenvalue weighted by Gasteiger charge is -2.29. The summed E-state index contributed by atoms with van der Waals surface area (Å²) in [5.41, 5.74) is 3.39. The molecule has 1 aromatic carbocycles. The number of hydrogen-bond acceptors (Lipinski definition) is 5. The molecule has 1 aliphatic rings. The molecule has 2 heterocycles. The van der Waals surface area contributed by atoms with Crippen LogP contribution in [0, 0.1) is 0 Å². The molecule has 1 aromatic heterocycles. The summed E-state index contributed by atoms with van der Waals surface area (Å²) in [6, 6.07) is 8.68. The Morgan fingerprint density at radius 2 is 1.97 bits per heavy atom. The summed E-state index contributed by atoms with van der Waals surface area (Å²) in [6.45, 7) is 10.7. The minimum atomic E-state index is 0. The van der Waals surface area contributed by atoms with Crippen LogP contribution in [0.15, 0.2) is 33.8 Å². The van der Waals surface area contributed by atoms with Gasteiger partial charge in [-0.3, -0.25) is 4.90 Å². The normalized spacial score (nSPS) is 15.3. The highest BCUT2D eigenvalue weighted by Crippen LogP contribution is 2.27. The number of halogens is 1. The number of aliphatic imine (C=N–C) groups is 1. The molecule has 0 spiro atoms. The van der Waals surface area contributed by atoms with Gasteiger partial charge in [0.05, 0.1) is 25.4 Å². The highest BCUT2D eigenvalue weighted by Gasteiger charge is 2.24. The molecular formula is C24H38IN5O2. The molecule has 8 heteroatoms. The van der Waals surface area contributed by atoms with Gasteiger partial charge in [0.15, 0.2) is 5.96 Å². The van der Waals surface area contributed by atoms with Gasteiger partial charge in [-0.05, 0) is 57.0 Å². The smallest absolute Gasteiger partial charge is 0.191 e. The van der Waals surface area contributed by atoms with E-state index in [1.54, 1.807) is 7.11 Å². The molecule has 0 saturated carbocycles. The molecular weight excluding hydrogens is 517 g/mol. The number of aromatic nitrogens is 1. The van der Waals surface area contributed by atoms with Crippen LogP contribution in [-0.2, 0) is 19.4 Å². The summed E-state index contributed by atoms with van der Waals surface area (Å²) in [5.74, 6) is 2.65. The van der Waals surface area contributed by atoms with Crippen LogP contribution < -0.4 is 15.4 Å². The first-order chi connectivity index (χ1) is 15.2. The van der Waals surface area contributed by atoms with E-state index >= 15 is 0 Å². The van der Waals surface area contributed by atoms with Crippen LogP contribution >= 0.6 is 24.0 Å². The largest absolute Gasteiger partial charge is 0.497 e. The van der Waals surface area contributed by atoms with Gasteiger partial charge in [-0.15, -0.1) is 24.0 Å². The molecule has 0 amide bonds. The number of rotatable bonds is 10. The van der Waals surface area contributed by atoms with Gasteiger partial charge in [0.1, 0.15) is 11.5 Å². The molecule has 2 N–H and O–H groups in total. The van der Waals surface area contributed by atoms with E-state index in [1.165, 1.54) is 18.4 Å². The second-order valence-electron chi connectivity index (χ2n) is 7.85. The summed E-state index contributed by atoms with van der Waals surface area (Å²) in [6.07, 6.45) is 4.18. The Hall–Kier alpha value is -1.81. The Morgan fingerprint density at radius 3 is 2.62 bits per heavy atom. The lowest BCUT2D eigenvalue weighted by atomic mass is 10.1. The van der Waals surface area contributed by atoms with Crippen LogP contribution in [0.5, 0.6) is 5.75 Å². The van der Waals surface area contributed by atoms with Crippen LogP contribution in [-0.4, -0.2) is 49.3 Å².